The van der Waals surface area contributed by atoms with Crippen LogP contribution in [-0.2, 0) is 0 Å². The lowest BCUT2D eigenvalue weighted by atomic mass is 10.00. The number of benzene rings is 13. The number of hydrogen-bond donors (Lipinski definition) is 0. The summed E-state index contributed by atoms with van der Waals surface area (Å²) in [4.78, 5) is 0. The fourth-order valence-electron chi connectivity index (χ4n) is 14.6. The molecule has 0 radical (unpaired) electrons. The molecule has 6 heterocycles. The third-order valence-corrected chi connectivity index (χ3v) is 18.4. The van der Waals surface area contributed by atoms with Gasteiger partial charge in [-0.25, -0.2) is 0 Å². The molecule has 0 aliphatic carbocycles. The average molecular weight is 1120 g/mol. The van der Waals surface area contributed by atoms with Gasteiger partial charge in [0.1, 0.15) is 34.5 Å². The fraction of sp³-hybridized carbons (Fsp3) is 0. The van der Waals surface area contributed by atoms with Gasteiger partial charge in [-0.2, -0.15) is 10.5 Å². The molecule has 19 aromatic rings. The molecule has 19 rings (SSSR count). The van der Waals surface area contributed by atoms with Crippen molar-refractivity contribution in [1.29, 1.82) is 10.5 Å². The highest BCUT2D eigenvalue weighted by Crippen LogP contribution is 2.48. The van der Waals surface area contributed by atoms with Crippen molar-refractivity contribution in [2.24, 2.45) is 0 Å². The van der Waals surface area contributed by atoms with Gasteiger partial charge in [0.2, 0.25) is 0 Å². The van der Waals surface area contributed by atoms with Gasteiger partial charge < -0.3 is 27.1 Å². The fourth-order valence-corrected chi connectivity index (χ4v) is 14.6. The van der Waals surface area contributed by atoms with Crippen LogP contribution < -0.4 is 0 Å². The molecule has 8 nitrogen and oxygen atoms in total. The molecule has 88 heavy (non-hydrogen) atoms. The van der Waals surface area contributed by atoms with E-state index in [2.05, 4.69) is 249 Å². The van der Waals surface area contributed by atoms with Gasteiger partial charge in [-0.1, -0.05) is 133 Å². The van der Waals surface area contributed by atoms with Crippen LogP contribution in [0.5, 0.6) is 0 Å². The maximum absolute atomic E-state index is 11.6. The van der Waals surface area contributed by atoms with E-state index in [4.69, 9.17) is 8.83 Å². The summed E-state index contributed by atoms with van der Waals surface area (Å²) in [6, 6.07) is 98.8. The largest absolute Gasteiger partial charge is 0.455 e. The smallest absolute Gasteiger partial charge is 0.145 e. The summed E-state index contributed by atoms with van der Waals surface area (Å²) in [5.74, 6) is 0. The van der Waals surface area contributed by atoms with Crippen LogP contribution in [0.1, 0.15) is 11.1 Å². The number of para-hydroxylation sites is 6. The van der Waals surface area contributed by atoms with Crippen LogP contribution in [0.3, 0.4) is 0 Å². The van der Waals surface area contributed by atoms with E-state index >= 15 is 0 Å². The molecular formula is C80H44N6O2. The Labute approximate surface area is 501 Å². The summed E-state index contributed by atoms with van der Waals surface area (Å²) >= 11 is 0. The normalized spacial score (nSPS) is 12.1. The Bertz CT molecular complexity index is 5940. The Hall–Kier alpha value is -12.4. The minimum absolute atomic E-state index is 0.404. The highest BCUT2D eigenvalue weighted by molar-refractivity contribution is 6.27. The van der Waals surface area contributed by atoms with E-state index in [1.165, 1.54) is 10.8 Å². The standard InChI is InChI=1S/C80H44N6O2/c81-45-51-27-28-52(46-82)78(86-70-38-32-50(44-64(70)76-72(86)40-34-60-58-22-10-14-26-74(58)88-80(60)76)48-30-36-68-62(42-48)56-20-8-12-24-66(56)84(68)54-17-5-2-6-18-54)77(51)85-69-37-31-49(43-63(69)75-71(85)39-33-59-57-21-9-13-25-73(57)87-79(59)75)47-29-35-67-61(41-47)55-19-7-11-23-65(55)83(67)53-15-3-1-4-16-53/h1-44H. The van der Waals surface area contributed by atoms with E-state index in [0.29, 0.717) is 22.5 Å². The molecule has 13 aromatic carbocycles. The van der Waals surface area contributed by atoms with Crippen LogP contribution in [0.25, 0.3) is 176 Å². The van der Waals surface area contributed by atoms with Crippen molar-refractivity contribution in [1.82, 2.24) is 18.3 Å². The number of fused-ring (bicyclic) bond motifs is 20. The molecule has 406 valence electrons. The monoisotopic (exact) mass is 1120 g/mol. The van der Waals surface area contributed by atoms with Crippen molar-refractivity contribution in [3.05, 3.63) is 278 Å². The highest BCUT2D eigenvalue weighted by atomic mass is 16.3. The first-order valence-electron chi connectivity index (χ1n) is 29.5. The molecule has 0 aliphatic heterocycles. The third kappa shape index (κ3) is 6.60. The van der Waals surface area contributed by atoms with E-state index in [1.54, 1.807) is 12.1 Å². The SMILES string of the molecule is N#Cc1ccc(C#N)c(-n2c3ccc(-c4ccc5c(c4)c4ccccc4n5-c4ccccc4)cc3c3c4oc5ccccc5c4ccc32)c1-n1c2ccc(-c3ccc4c(c3)c3ccccc3n4-c3ccccc3)cc2c2c3oc4ccccc4c3ccc21. The molecule has 0 unspecified atom stereocenters. The van der Waals surface area contributed by atoms with E-state index in [9.17, 15) is 10.5 Å². The topological polar surface area (TPSA) is 93.6 Å². The zero-order chi connectivity index (χ0) is 57.9. The highest BCUT2D eigenvalue weighted by Gasteiger charge is 2.29. The van der Waals surface area contributed by atoms with Crippen LogP contribution in [0.2, 0.25) is 0 Å². The van der Waals surface area contributed by atoms with Crippen LogP contribution in [0.15, 0.2) is 276 Å². The first-order valence-corrected chi connectivity index (χ1v) is 29.5. The quantitative estimate of drug-likeness (QED) is 0.166. The Morgan fingerprint density at radius 3 is 0.989 bits per heavy atom. The zero-order valence-electron chi connectivity index (χ0n) is 46.9. The van der Waals surface area contributed by atoms with Crippen molar-refractivity contribution in [2.45, 2.75) is 0 Å². The summed E-state index contributed by atoms with van der Waals surface area (Å²) in [5.41, 5.74) is 19.3. The number of furan rings is 2. The second-order valence-electron chi connectivity index (χ2n) is 22.9. The molecular weight excluding hydrogens is 1080 g/mol. The van der Waals surface area contributed by atoms with Gasteiger partial charge in [-0.3, -0.25) is 0 Å². The molecule has 0 spiro atoms. The summed E-state index contributed by atoms with van der Waals surface area (Å²) < 4.78 is 23.0. The van der Waals surface area contributed by atoms with Gasteiger partial charge in [0, 0.05) is 65.2 Å². The number of aromatic nitrogens is 4. The molecule has 0 amide bonds. The second-order valence-corrected chi connectivity index (χ2v) is 22.9. The Balaban J connectivity index is 0.882. The van der Waals surface area contributed by atoms with Gasteiger partial charge in [-0.15, -0.1) is 0 Å². The van der Waals surface area contributed by atoms with Crippen molar-refractivity contribution in [3.8, 4) is 57.1 Å². The molecule has 0 saturated carbocycles. The first-order chi connectivity index (χ1) is 43.6. The predicted molar refractivity (Wildman–Crippen MR) is 359 cm³/mol. The minimum Gasteiger partial charge on any atom is -0.455 e. The van der Waals surface area contributed by atoms with Crippen LogP contribution in [0, 0.1) is 22.7 Å². The zero-order valence-corrected chi connectivity index (χ0v) is 46.9. The van der Waals surface area contributed by atoms with Gasteiger partial charge in [0.15, 0.2) is 0 Å². The van der Waals surface area contributed by atoms with Crippen molar-refractivity contribution in [3.63, 3.8) is 0 Å². The lowest BCUT2D eigenvalue weighted by Gasteiger charge is -2.19. The maximum atomic E-state index is 11.6. The summed E-state index contributed by atoms with van der Waals surface area (Å²) in [6.45, 7) is 0. The summed E-state index contributed by atoms with van der Waals surface area (Å²) in [6.07, 6.45) is 0. The number of hydrogen-bond acceptors (Lipinski definition) is 4. The molecule has 0 aliphatic rings. The molecule has 0 N–H and O–H groups in total. The van der Waals surface area contributed by atoms with E-state index in [0.717, 1.165) is 154 Å². The summed E-state index contributed by atoms with van der Waals surface area (Å²) in [5, 5.41) is 35.5. The lowest BCUT2D eigenvalue weighted by Crippen LogP contribution is -2.08. The Morgan fingerprint density at radius 2 is 0.580 bits per heavy atom. The molecule has 0 saturated heterocycles. The number of nitrogens with zero attached hydrogens (tertiary/aromatic N) is 6. The van der Waals surface area contributed by atoms with Gasteiger partial charge >= 0.3 is 0 Å². The molecule has 6 aromatic heterocycles. The molecule has 0 bridgehead atoms. The van der Waals surface area contributed by atoms with Crippen molar-refractivity contribution >= 4 is 131 Å². The van der Waals surface area contributed by atoms with Crippen molar-refractivity contribution < 1.29 is 8.83 Å². The van der Waals surface area contributed by atoms with E-state index in [-0.39, 0.29) is 0 Å². The van der Waals surface area contributed by atoms with Crippen LogP contribution in [0.4, 0.5) is 0 Å². The predicted octanol–water partition coefficient (Wildman–Crippen LogP) is 21.0. The van der Waals surface area contributed by atoms with Crippen LogP contribution in [-0.4, -0.2) is 18.3 Å². The van der Waals surface area contributed by atoms with E-state index < -0.39 is 0 Å². The number of nitriles is 2. The molecule has 0 atom stereocenters. The molecule has 8 heteroatoms. The van der Waals surface area contributed by atoms with Gasteiger partial charge in [0.25, 0.3) is 0 Å². The lowest BCUT2D eigenvalue weighted by molar-refractivity contribution is 0.672. The van der Waals surface area contributed by atoms with Crippen molar-refractivity contribution in [2.75, 3.05) is 0 Å². The van der Waals surface area contributed by atoms with Crippen LogP contribution >= 0.6 is 0 Å². The maximum Gasteiger partial charge on any atom is 0.145 e. The first kappa shape index (κ1) is 48.1. The third-order valence-electron chi connectivity index (χ3n) is 18.4. The van der Waals surface area contributed by atoms with E-state index in [1.807, 2.05) is 36.4 Å². The minimum atomic E-state index is 0.404. The number of rotatable bonds is 6. The summed E-state index contributed by atoms with van der Waals surface area (Å²) in [7, 11) is 0. The Kier molecular flexibility index (Phi) is 9.87. The Morgan fingerprint density at radius 1 is 0.250 bits per heavy atom. The second kappa shape index (κ2) is 18.1. The average Bonchev–Trinajstić information content (AvgIpc) is 1.85. The molecule has 0 fully saturated rings. The van der Waals surface area contributed by atoms with Gasteiger partial charge in [0.05, 0.1) is 77.4 Å². The van der Waals surface area contributed by atoms with Gasteiger partial charge in [-0.05, 0) is 156 Å².